The molecule has 0 radical (unpaired) electrons. The van der Waals surface area contributed by atoms with Crippen molar-refractivity contribution < 1.29 is 4.92 Å². The summed E-state index contributed by atoms with van der Waals surface area (Å²) in [6, 6.07) is 7.49. The lowest BCUT2D eigenvalue weighted by Gasteiger charge is -2.21. The van der Waals surface area contributed by atoms with Gasteiger partial charge >= 0.3 is 0 Å². The van der Waals surface area contributed by atoms with Gasteiger partial charge in [-0.05, 0) is 18.4 Å². The molecule has 1 fully saturated rings. The van der Waals surface area contributed by atoms with Gasteiger partial charge in [-0.1, -0.05) is 12.1 Å². The van der Waals surface area contributed by atoms with Gasteiger partial charge < -0.3 is 0 Å². The van der Waals surface area contributed by atoms with Gasteiger partial charge in [0.1, 0.15) is 0 Å². The maximum atomic E-state index is 10.9. The normalized spacial score (nSPS) is 14.6. The minimum atomic E-state index is -0.341. The van der Waals surface area contributed by atoms with Crippen LogP contribution in [0.2, 0.25) is 0 Å². The molecular weight excluding hydrogens is 268 g/mol. The lowest BCUT2D eigenvalue weighted by atomic mass is 10.1. The Kier molecular flexibility index (Phi) is 3.70. The lowest BCUT2D eigenvalue weighted by molar-refractivity contribution is -0.384. The third-order valence-corrected chi connectivity index (χ3v) is 3.71. The monoisotopic (exact) mass is 286 g/mol. The summed E-state index contributed by atoms with van der Waals surface area (Å²) in [5.41, 5.74) is 2.32. The van der Waals surface area contributed by atoms with Crippen LogP contribution >= 0.6 is 0 Å². The van der Waals surface area contributed by atoms with Crippen molar-refractivity contribution in [2.75, 3.05) is 0 Å². The van der Waals surface area contributed by atoms with Gasteiger partial charge in [-0.3, -0.25) is 19.7 Å². The van der Waals surface area contributed by atoms with Gasteiger partial charge in [-0.2, -0.15) is 5.10 Å². The third kappa shape index (κ3) is 3.46. The van der Waals surface area contributed by atoms with Gasteiger partial charge in [0, 0.05) is 50.1 Å². The Balaban J connectivity index is 1.73. The Morgan fingerprint density at radius 2 is 2.14 bits per heavy atom. The molecule has 0 saturated heterocycles. The number of nitrogens with zero attached hydrogens (tertiary/aromatic N) is 4. The fourth-order valence-corrected chi connectivity index (χ4v) is 2.54. The van der Waals surface area contributed by atoms with E-state index >= 15 is 0 Å². The highest BCUT2D eigenvalue weighted by atomic mass is 16.6. The molecule has 21 heavy (non-hydrogen) atoms. The standard InChI is InChI=1S/C15H18N4O2/c1-17-9-13(8-16-17)11-18(14-5-6-14)10-12-3-2-4-15(7-12)19(20)21/h2-4,7-9,14H,5-6,10-11H2,1H3. The first-order valence-electron chi connectivity index (χ1n) is 7.07. The fourth-order valence-electron chi connectivity index (χ4n) is 2.54. The van der Waals surface area contributed by atoms with E-state index in [1.54, 1.807) is 16.8 Å². The summed E-state index contributed by atoms with van der Waals surface area (Å²) >= 11 is 0. The van der Waals surface area contributed by atoms with Crippen molar-refractivity contribution in [3.05, 3.63) is 57.9 Å². The zero-order chi connectivity index (χ0) is 14.8. The molecule has 0 unspecified atom stereocenters. The largest absolute Gasteiger partial charge is 0.292 e. The predicted molar refractivity (Wildman–Crippen MR) is 78.6 cm³/mol. The Morgan fingerprint density at radius 3 is 2.76 bits per heavy atom. The zero-order valence-electron chi connectivity index (χ0n) is 12.0. The minimum Gasteiger partial charge on any atom is -0.292 e. The van der Waals surface area contributed by atoms with Gasteiger partial charge in [0.05, 0.1) is 11.1 Å². The molecule has 1 aliphatic rings. The SMILES string of the molecule is Cn1cc(CN(Cc2cccc([N+](=O)[O-])c2)C2CC2)cn1. The van der Waals surface area contributed by atoms with Crippen molar-refractivity contribution in [2.24, 2.45) is 7.05 Å². The number of hydrogen-bond acceptors (Lipinski definition) is 4. The van der Waals surface area contributed by atoms with E-state index in [4.69, 9.17) is 0 Å². The van der Waals surface area contributed by atoms with E-state index in [2.05, 4.69) is 10.00 Å². The molecule has 0 N–H and O–H groups in total. The number of nitro groups is 1. The van der Waals surface area contributed by atoms with E-state index < -0.39 is 0 Å². The average molecular weight is 286 g/mol. The van der Waals surface area contributed by atoms with Crippen LogP contribution in [0, 0.1) is 10.1 Å². The van der Waals surface area contributed by atoms with Crippen molar-refractivity contribution in [1.82, 2.24) is 14.7 Å². The predicted octanol–water partition coefficient (Wildman–Crippen LogP) is 2.49. The number of hydrogen-bond donors (Lipinski definition) is 0. The maximum Gasteiger partial charge on any atom is 0.269 e. The summed E-state index contributed by atoms with van der Waals surface area (Å²) < 4.78 is 1.80. The quantitative estimate of drug-likeness (QED) is 0.604. The molecule has 0 atom stereocenters. The highest BCUT2D eigenvalue weighted by Gasteiger charge is 2.29. The molecule has 2 aromatic rings. The highest BCUT2D eigenvalue weighted by Crippen LogP contribution is 2.30. The maximum absolute atomic E-state index is 10.9. The molecule has 6 nitrogen and oxygen atoms in total. The number of aromatic nitrogens is 2. The Hall–Kier alpha value is -2.21. The number of nitro benzene ring substituents is 1. The van der Waals surface area contributed by atoms with Gasteiger partial charge in [-0.15, -0.1) is 0 Å². The first-order chi connectivity index (χ1) is 10.1. The molecule has 1 saturated carbocycles. The molecule has 1 aromatic carbocycles. The van der Waals surface area contributed by atoms with Gasteiger partial charge in [0.25, 0.3) is 5.69 Å². The van der Waals surface area contributed by atoms with Crippen molar-refractivity contribution in [3.8, 4) is 0 Å². The summed E-state index contributed by atoms with van der Waals surface area (Å²) in [6.45, 7) is 1.57. The van der Waals surface area contributed by atoms with Crippen LogP contribution in [0.15, 0.2) is 36.7 Å². The van der Waals surface area contributed by atoms with Gasteiger partial charge in [-0.25, -0.2) is 0 Å². The Morgan fingerprint density at radius 1 is 1.38 bits per heavy atom. The topological polar surface area (TPSA) is 64.2 Å². The van der Waals surface area contributed by atoms with Crippen molar-refractivity contribution in [1.29, 1.82) is 0 Å². The van der Waals surface area contributed by atoms with E-state index in [1.807, 2.05) is 25.5 Å². The molecule has 1 aromatic heterocycles. The van der Waals surface area contributed by atoms with E-state index in [0.717, 1.165) is 18.7 Å². The zero-order valence-corrected chi connectivity index (χ0v) is 12.0. The van der Waals surface area contributed by atoms with Crippen molar-refractivity contribution in [2.45, 2.75) is 32.0 Å². The first-order valence-corrected chi connectivity index (χ1v) is 7.07. The molecule has 0 bridgehead atoms. The molecular formula is C15H18N4O2. The van der Waals surface area contributed by atoms with Crippen LogP contribution in [0.5, 0.6) is 0 Å². The number of benzene rings is 1. The number of rotatable bonds is 6. The van der Waals surface area contributed by atoms with Crippen molar-refractivity contribution in [3.63, 3.8) is 0 Å². The van der Waals surface area contributed by atoms with E-state index in [9.17, 15) is 10.1 Å². The molecule has 0 amide bonds. The van der Waals surface area contributed by atoms with Crippen LogP contribution in [0.4, 0.5) is 5.69 Å². The second-order valence-corrected chi connectivity index (χ2v) is 5.59. The molecule has 110 valence electrons. The average Bonchev–Trinajstić information content (AvgIpc) is 3.22. The lowest BCUT2D eigenvalue weighted by Crippen LogP contribution is -2.24. The molecule has 3 rings (SSSR count). The number of non-ortho nitro benzene ring substituents is 1. The smallest absolute Gasteiger partial charge is 0.269 e. The summed E-state index contributed by atoms with van der Waals surface area (Å²) in [5.74, 6) is 0. The summed E-state index contributed by atoms with van der Waals surface area (Å²) in [4.78, 5) is 12.9. The van der Waals surface area contributed by atoms with Crippen LogP contribution in [-0.4, -0.2) is 25.6 Å². The van der Waals surface area contributed by atoms with Crippen molar-refractivity contribution >= 4 is 5.69 Å². The first kappa shape index (κ1) is 13.8. The van der Waals surface area contributed by atoms with Crippen LogP contribution in [0.1, 0.15) is 24.0 Å². The van der Waals surface area contributed by atoms with E-state index in [-0.39, 0.29) is 10.6 Å². The molecule has 1 heterocycles. The molecule has 6 heteroatoms. The van der Waals surface area contributed by atoms with Crippen LogP contribution < -0.4 is 0 Å². The molecule has 0 spiro atoms. The van der Waals surface area contributed by atoms with E-state index in [0.29, 0.717) is 6.04 Å². The molecule has 0 aliphatic heterocycles. The summed E-state index contributed by atoms with van der Waals surface area (Å²) in [7, 11) is 1.91. The molecule has 1 aliphatic carbocycles. The summed E-state index contributed by atoms with van der Waals surface area (Å²) in [6.07, 6.45) is 6.30. The van der Waals surface area contributed by atoms with Crippen LogP contribution in [-0.2, 0) is 20.1 Å². The van der Waals surface area contributed by atoms with E-state index in [1.165, 1.54) is 24.5 Å². The third-order valence-electron chi connectivity index (χ3n) is 3.71. The Bertz CT molecular complexity index is 649. The minimum absolute atomic E-state index is 0.157. The second-order valence-electron chi connectivity index (χ2n) is 5.59. The highest BCUT2D eigenvalue weighted by molar-refractivity contribution is 5.34. The van der Waals surface area contributed by atoms with Crippen LogP contribution in [0.25, 0.3) is 0 Å². The number of aryl methyl sites for hydroxylation is 1. The fraction of sp³-hybridized carbons (Fsp3) is 0.400. The van der Waals surface area contributed by atoms with Gasteiger partial charge in [0.2, 0.25) is 0 Å². The summed E-state index contributed by atoms with van der Waals surface area (Å²) in [5, 5.41) is 15.1. The van der Waals surface area contributed by atoms with Gasteiger partial charge in [0.15, 0.2) is 0 Å². The second kappa shape index (κ2) is 5.65. The Labute approximate surface area is 123 Å². The van der Waals surface area contributed by atoms with Crippen LogP contribution in [0.3, 0.4) is 0 Å².